The molecule has 21 heavy (non-hydrogen) atoms. The SMILES string of the molecule is CNC1(C(=O)O)CCCC(Oc2cccc([N+](=O)[O-])c2)C1. The van der Waals surface area contributed by atoms with Crippen molar-refractivity contribution in [2.75, 3.05) is 7.05 Å². The minimum atomic E-state index is -0.983. The lowest BCUT2D eigenvalue weighted by Crippen LogP contribution is -2.55. The van der Waals surface area contributed by atoms with Crippen LogP contribution in [0.25, 0.3) is 0 Å². The number of nitro groups is 1. The maximum absolute atomic E-state index is 11.4. The smallest absolute Gasteiger partial charge is 0.324 e. The topological polar surface area (TPSA) is 102 Å². The van der Waals surface area contributed by atoms with Crippen molar-refractivity contribution in [2.45, 2.75) is 37.3 Å². The van der Waals surface area contributed by atoms with Gasteiger partial charge in [0.1, 0.15) is 17.4 Å². The average molecular weight is 294 g/mol. The van der Waals surface area contributed by atoms with Gasteiger partial charge in [0.25, 0.3) is 5.69 Å². The molecule has 0 aromatic heterocycles. The number of nitrogens with one attached hydrogen (secondary N) is 1. The number of nitro benzene ring substituents is 1. The molecule has 0 radical (unpaired) electrons. The Kier molecular flexibility index (Phi) is 4.42. The molecule has 2 N–H and O–H groups in total. The standard InChI is InChI=1S/C14H18N2O5/c1-15-14(13(17)18)7-3-6-12(9-14)21-11-5-2-4-10(8-11)16(19)20/h2,4-5,8,12,15H,3,6-7,9H2,1H3,(H,17,18). The first-order valence-electron chi connectivity index (χ1n) is 6.80. The van der Waals surface area contributed by atoms with E-state index < -0.39 is 16.4 Å². The molecular weight excluding hydrogens is 276 g/mol. The third kappa shape index (κ3) is 3.30. The number of nitrogens with zero attached hydrogens (tertiary/aromatic N) is 1. The van der Waals surface area contributed by atoms with Crippen molar-refractivity contribution in [3.8, 4) is 5.75 Å². The van der Waals surface area contributed by atoms with Crippen LogP contribution in [0.15, 0.2) is 24.3 Å². The van der Waals surface area contributed by atoms with Gasteiger partial charge < -0.3 is 15.2 Å². The zero-order valence-electron chi connectivity index (χ0n) is 11.7. The third-order valence-corrected chi connectivity index (χ3v) is 3.92. The van der Waals surface area contributed by atoms with Crippen molar-refractivity contribution in [3.05, 3.63) is 34.4 Å². The van der Waals surface area contributed by atoms with Crippen LogP contribution in [0.1, 0.15) is 25.7 Å². The number of carboxylic acids is 1. The second-order valence-electron chi connectivity index (χ2n) is 5.23. The van der Waals surface area contributed by atoms with Crippen LogP contribution in [-0.2, 0) is 4.79 Å². The van der Waals surface area contributed by atoms with Gasteiger partial charge in [0.15, 0.2) is 0 Å². The first-order valence-corrected chi connectivity index (χ1v) is 6.80. The van der Waals surface area contributed by atoms with Gasteiger partial charge in [-0.15, -0.1) is 0 Å². The summed E-state index contributed by atoms with van der Waals surface area (Å²) >= 11 is 0. The summed E-state index contributed by atoms with van der Waals surface area (Å²) in [6, 6.07) is 5.95. The van der Waals surface area contributed by atoms with E-state index in [2.05, 4.69) is 5.32 Å². The van der Waals surface area contributed by atoms with Crippen LogP contribution in [0.2, 0.25) is 0 Å². The fourth-order valence-electron chi connectivity index (χ4n) is 2.72. The number of carboxylic acid groups (broad SMARTS) is 1. The van der Waals surface area contributed by atoms with E-state index in [9.17, 15) is 20.0 Å². The van der Waals surface area contributed by atoms with Crippen LogP contribution in [0.4, 0.5) is 5.69 Å². The predicted octanol–water partition coefficient (Wildman–Crippen LogP) is 1.96. The molecule has 1 saturated carbocycles. The number of rotatable bonds is 5. The molecule has 114 valence electrons. The number of non-ortho nitro benzene ring substituents is 1. The first kappa shape index (κ1) is 15.2. The van der Waals surface area contributed by atoms with E-state index in [0.717, 1.165) is 12.8 Å². The molecule has 7 heteroatoms. The fraction of sp³-hybridized carbons (Fsp3) is 0.500. The maximum atomic E-state index is 11.4. The van der Waals surface area contributed by atoms with Crippen LogP contribution < -0.4 is 10.1 Å². The lowest BCUT2D eigenvalue weighted by atomic mass is 9.80. The van der Waals surface area contributed by atoms with Gasteiger partial charge >= 0.3 is 5.97 Å². The zero-order valence-corrected chi connectivity index (χ0v) is 11.7. The van der Waals surface area contributed by atoms with Crippen LogP contribution in [0.5, 0.6) is 5.75 Å². The van der Waals surface area contributed by atoms with Gasteiger partial charge in [-0.3, -0.25) is 14.9 Å². The number of aliphatic carboxylic acids is 1. The van der Waals surface area contributed by atoms with Crippen LogP contribution >= 0.6 is 0 Å². The summed E-state index contributed by atoms with van der Waals surface area (Å²) < 4.78 is 5.75. The highest BCUT2D eigenvalue weighted by Gasteiger charge is 2.42. The summed E-state index contributed by atoms with van der Waals surface area (Å²) in [7, 11) is 1.63. The quantitative estimate of drug-likeness (QED) is 0.636. The Bertz CT molecular complexity index is 548. The van der Waals surface area contributed by atoms with Gasteiger partial charge in [-0.05, 0) is 32.4 Å². The Morgan fingerprint density at radius 3 is 2.95 bits per heavy atom. The van der Waals surface area contributed by atoms with E-state index in [1.54, 1.807) is 19.2 Å². The van der Waals surface area contributed by atoms with Gasteiger partial charge in [0, 0.05) is 12.5 Å². The summed E-state index contributed by atoms with van der Waals surface area (Å²) in [5, 5.41) is 23.0. The molecule has 0 saturated heterocycles. The maximum Gasteiger partial charge on any atom is 0.324 e. The summed E-state index contributed by atoms with van der Waals surface area (Å²) in [5.74, 6) is -0.496. The normalized spacial score (nSPS) is 25.3. The largest absolute Gasteiger partial charge is 0.490 e. The summed E-state index contributed by atoms with van der Waals surface area (Å²) in [5.41, 5.74) is -1.02. The molecule has 0 heterocycles. The molecule has 1 fully saturated rings. The molecule has 0 amide bonds. The minimum absolute atomic E-state index is 0.0403. The molecule has 1 aromatic rings. The average Bonchev–Trinajstić information content (AvgIpc) is 2.47. The molecule has 2 rings (SSSR count). The van der Waals surface area contributed by atoms with Crippen molar-refractivity contribution in [1.29, 1.82) is 0 Å². The highest BCUT2D eigenvalue weighted by Crippen LogP contribution is 2.32. The Hall–Kier alpha value is -2.15. The molecule has 2 unspecified atom stereocenters. The van der Waals surface area contributed by atoms with E-state index in [1.807, 2.05) is 0 Å². The summed E-state index contributed by atoms with van der Waals surface area (Å²) in [4.78, 5) is 21.7. The van der Waals surface area contributed by atoms with E-state index in [4.69, 9.17) is 4.74 Å². The number of hydrogen-bond donors (Lipinski definition) is 2. The van der Waals surface area contributed by atoms with Gasteiger partial charge in [-0.25, -0.2) is 0 Å². The van der Waals surface area contributed by atoms with Crippen molar-refractivity contribution < 1.29 is 19.6 Å². The summed E-state index contributed by atoms with van der Waals surface area (Å²) in [6.07, 6.45) is 2.07. The van der Waals surface area contributed by atoms with Crippen molar-refractivity contribution in [1.82, 2.24) is 5.32 Å². The second-order valence-corrected chi connectivity index (χ2v) is 5.23. The lowest BCUT2D eigenvalue weighted by Gasteiger charge is -2.37. The molecule has 0 aliphatic heterocycles. The molecular formula is C14H18N2O5. The number of carbonyl (C=O) groups is 1. The Morgan fingerprint density at radius 1 is 1.57 bits per heavy atom. The monoisotopic (exact) mass is 294 g/mol. The van der Waals surface area contributed by atoms with E-state index in [0.29, 0.717) is 18.6 Å². The van der Waals surface area contributed by atoms with Gasteiger partial charge in [-0.2, -0.15) is 0 Å². The van der Waals surface area contributed by atoms with Crippen molar-refractivity contribution >= 4 is 11.7 Å². The number of hydrogen-bond acceptors (Lipinski definition) is 5. The van der Waals surface area contributed by atoms with E-state index >= 15 is 0 Å². The third-order valence-electron chi connectivity index (χ3n) is 3.92. The Morgan fingerprint density at radius 2 is 2.33 bits per heavy atom. The van der Waals surface area contributed by atoms with Gasteiger partial charge in [0.2, 0.25) is 0 Å². The molecule has 1 aliphatic rings. The second kappa shape index (κ2) is 6.09. The Balaban J connectivity index is 2.11. The molecule has 0 bridgehead atoms. The van der Waals surface area contributed by atoms with Gasteiger partial charge in [-0.1, -0.05) is 6.07 Å². The lowest BCUT2D eigenvalue weighted by molar-refractivity contribution is -0.385. The van der Waals surface area contributed by atoms with Crippen LogP contribution in [0, 0.1) is 10.1 Å². The van der Waals surface area contributed by atoms with Gasteiger partial charge in [0.05, 0.1) is 11.0 Å². The van der Waals surface area contributed by atoms with Crippen molar-refractivity contribution in [3.63, 3.8) is 0 Å². The number of ether oxygens (including phenoxy) is 1. The first-order chi connectivity index (χ1) is 9.97. The number of likely N-dealkylation sites (N-methyl/N-ethyl adjacent to an activating group) is 1. The van der Waals surface area contributed by atoms with Crippen LogP contribution in [-0.4, -0.2) is 34.7 Å². The molecule has 1 aromatic carbocycles. The fourth-order valence-corrected chi connectivity index (χ4v) is 2.72. The van der Waals surface area contributed by atoms with E-state index in [-0.39, 0.29) is 11.8 Å². The Labute approximate surface area is 122 Å². The van der Waals surface area contributed by atoms with E-state index in [1.165, 1.54) is 12.1 Å². The highest BCUT2D eigenvalue weighted by molar-refractivity contribution is 5.79. The van der Waals surface area contributed by atoms with Crippen LogP contribution in [0.3, 0.4) is 0 Å². The minimum Gasteiger partial charge on any atom is -0.490 e. The zero-order chi connectivity index (χ0) is 15.5. The number of benzene rings is 1. The molecule has 1 aliphatic carbocycles. The molecule has 7 nitrogen and oxygen atoms in total. The highest BCUT2D eigenvalue weighted by atomic mass is 16.6. The predicted molar refractivity (Wildman–Crippen MR) is 75.4 cm³/mol. The molecule has 2 atom stereocenters. The molecule has 0 spiro atoms. The summed E-state index contributed by atoms with van der Waals surface area (Å²) in [6.45, 7) is 0. The van der Waals surface area contributed by atoms with Crippen molar-refractivity contribution in [2.24, 2.45) is 0 Å².